The quantitative estimate of drug-likeness (QED) is 0.395. The van der Waals surface area contributed by atoms with Crippen molar-refractivity contribution in [2.24, 2.45) is 16.6 Å². The zero-order valence-electron chi connectivity index (χ0n) is 18.1. The number of phenolic OH excluding ortho intramolecular Hbond substituents is 1. The molecule has 0 saturated heterocycles. The number of carbonyl (C=O) groups excluding carboxylic acids is 1. The summed E-state index contributed by atoms with van der Waals surface area (Å²) in [5.41, 5.74) is 9.18. The predicted molar refractivity (Wildman–Crippen MR) is 129 cm³/mol. The summed E-state index contributed by atoms with van der Waals surface area (Å²) >= 11 is 0. The summed E-state index contributed by atoms with van der Waals surface area (Å²) < 4.78 is 0. The van der Waals surface area contributed by atoms with E-state index in [1.54, 1.807) is 30.3 Å². The number of amides is 1. The number of rotatable bonds is 7. The second-order valence-corrected chi connectivity index (χ2v) is 8.20. The van der Waals surface area contributed by atoms with Crippen molar-refractivity contribution < 1.29 is 9.90 Å². The van der Waals surface area contributed by atoms with E-state index in [1.807, 2.05) is 18.2 Å². The van der Waals surface area contributed by atoms with Crippen molar-refractivity contribution in [2.75, 3.05) is 23.3 Å². The summed E-state index contributed by atoms with van der Waals surface area (Å²) in [6.45, 7) is 5.57. The number of nitrogens with zero attached hydrogens (tertiary/aromatic N) is 2. The van der Waals surface area contributed by atoms with Gasteiger partial charge in [0, 0.05) is 30.0 Å². The van der Waals surface area contributed by atoms with Crippen LogP contribution in [0.5, 0.6) is 5.75 Å². The van der Waals surface area contributed by atoms with Crippen LogP contribution in [0.4, 0.5) is 11.4 Å². The Kier molecular flexibility index (Phi) is 6.44. The highest BCUT2D eigenvalue weighted by atomic mass is 16.3. The van der Waals surface area contributed by atoms with Crippen molar-refractivity contribution in [3.8, 4) is 5.75 Å². The molecule has 32 heavy (non-hydrogen) atoms. The predicted octanol–water partition coefficient (Wildman–Crippen LogP) is 3.74. The molecule has 0 aromatic heterocycles. The Morgan fingerprint density at radius 3 is 2.75 bits per heavy atom. The number of aromatic hydroxyl groups is 1. The van der Waals surface area contributed by atoms with Crippen LogP contribution in [0.3, 0.4) is 0 Å². The molecule has 7 nitrogen and oxygen atoms in total. The van der Waals surface area contributed by atoms with E-state index in [4.69, 9.17) is 5.73 Å². The van der Waals surface area contributed by atoms with Crippen LogP contribution in [0, 0.1) is 5.92 Å². The number of hydrogen-bond donors (Lipinski definition) is 4. The average Bonchev–Trinajstić information content (AvgIpc) is 3.61. The number of nitrogens with one attached hydrogen (secondary N) is 2. The van der Waals surface area contributed by atoms with Gasteiger partial charge < -0.3 is 26.4 Å². The van der Waals surface area contributed by atoms with Gasteiger partial charge in [-0.15, -0.1) is 0 Å². The van der Waals surface area contributed by atoms with Gasteiger partial charge >= 0.3 is 0 Å². The molecule has 1 saturated carbocycles. The van der Waals surface area contributed by atoms with E-state index < -0.39 is 0 Å². The number of hydrogen-bond acceptors (Lipinski definition) is 5. The van der Waals surface area contributed by atoms with Crippen LogP contribution in [0.25, 0.3) is 0 Å². The van der Waals surface area contributed by atoms with Crippen molar-refractivity contribution in [1.82, 2.24) is 5.32 Å². The maximum absolute atomic E-state index is 12.2. The van der Waals surface area contributed by atoms with E-state index in [0.717, 1.165) is 42.9 Å². The maximum Gasteiger partial charge on any atom is 0.251 e. The Labute approximate surface area is 188 Å². The largest absolute Gasteiger partial charge is 0.508 e. The lowest BCUT2D eigenvalue weighted by atomic mass is 10.0. The first-order chi connectivity index (χ1) is 15.5. The summed E-state index contributed by atoms with van der Waals surface area (Å²) in [5.74, 6) is 1.97. The van der Waals surface area contributed by atoms with Gasteiger partial charge in [-0.05, 0) is 91.9 Å². The molecule has 0 radical (unpaired) electrons. The van der Waals surface area contributed by atoms with E-state index in [9.17, 15) is 9.90 Å². The molecule has 2 aliphatic rings. The zero-order valence-corrected chi connectivity index (χ0v) is 18.1. The minimum absolute atomic E-state index is 0.0505. The molecule has 5 N–H and O–H groups in total. The first-order valence-corrected chi connectivity index (χ1v) is 10.9. The monoisotopic (exact) mass is 431 g/mol. The molecule has 1 amide bonds. The van der Waals surface area contributed by atoms with Crippen molar-refractivity contribution in [1.29, 1.82) is 0 Å². The second kappa shape index (κ2) is 9.60. The van der Waals surface area contributed by atoms with Crippen LogP contribution >= 0.6 is 0 Å². The summed E-state index contributed by atoms with van der Waals surface area (Å²) in [5, 5.41) is 15.9. The van der Waals surface area contributed by atoms with Gasteiger partial charge in [-0.25, -0.2) is 4.99 Å². The number of anilines is 2. The van der Waals surface area contributed by atoms with E-state index in [-0.39, 0.29) is 11.7 Å². The van der Waals surface area contributed by atoms with E-state index in [0.29, 0.717) is 23.1 Å². The molecule has 1 heterocycles. The topological polar surface area (TPSA) is 103 Å². The number of fused-ring (bicyclic) bond motifs is 1. The molecule has 1 fully saturated rings. The molecule has 1 aliphatic heterocycles. The third-order valence-electron chi connectivity index (χ3n) is 5.64. The molecule has 4 rings (SSSR count). The standard InChI is InChI=1S/C25H29N5O2/c1-17(28-21-8-6-19(7-9-21)25(32)27-16-18-4-5-18)29-24(12-13-26)30-14-2-3-20-15-22(31)10-11-23(20)30/h6-13,15,18,28,31H,1-5,14,16,26H2,(H,27,32)/b13-12-,29-24+. The fourth-order valence-corrected chi connectivity index (χ4v) is 3.79. The lowest BCUT2D eigenvalue weighted by molar-refractivity contribution is 0.0952. The Hall–Kier alpha value is -3.74. The fraction of sp³-hybridized carbons (Fsp3) is 0.280. The normalized spacial score (nSPS) is 16.0. The smallest absolute Gasteiger partial charge is 0.251 e. The molecule has 0 unspecified atom stereocenters. The molecule has 2 aromatic rings. The van der Waals surface area contributed by atoms with Gasteiger partial charge in [-0.1, -0.05) is 6.58 Å². The molecule has 0 spiro atoms. The summed E-state index contributed by atoms with van der Waals surface area (Å²) in [6.07, 6.45) is 7.45. The first-order valence-electron chi connectivity index (χ1n) is 10.9. The number of nitrogens with two attached hydrogens (primary N) is 1. The van der Waals surface area contributed by atoms with Crippen LogP contribution in [0.15, 0.2) is 72.1 Å². The Bertz CT molecular complexity index is 1050. The molecule has 2 aromatic carbocycles. The zero-order chi connectivity index (χ0) is 22.5. The highest BCUT2D eigenvalue weighted by molar-refractivity contribution is 6.07. The van der Waals surface area contributed by atoms with E-state index in [2.05, 4.69) is 27.1 Å². The van der Waals surface area contributed by atoms with Gasteiger partial charge in [0.05, 0.1) is 0 Å². The summed E-state index contributed by atoms with van der Waals surface area (Å²) in [7, 11) is 0. The van der Waals surface area contributed by atoms with Crippen molar-refractivity contribution in [3.63, 3.8) is 0 Å². The minimum atomic E-state index is -0.0505. The molecule has 0 atom stereocenters. The van der Waals surface area contributed by atoms with E-state index in [1.165, 1.54) is 19.0 Å². The molecule has 0 bridgehead atoms. The maximum atomic E-state index is 12.2. The second-order valence-electron chi connectivity index (χ2n) is 8.20. The number of benzene rings is 2. The van der Waals surface area contributed by atoms with E-state index >= 15 is 0 Å². The van der Waals surface area contributed by atoms with Gasteiger partial charge in [0.15, 0.2) is 0 Å². The first kappa shape index (κ1) is 21.5. The van der Waals surface area contributed by atoms with Crippen LogP contribution < -0.4 is 21.3 Å². The van der Waals surface area contributed by atoms with Crippen molar-refractivity contribution in [2.45, 2.75) is 25.7 Å². The van der Waals surface area contributed by atoms with Crippen LogP contribution in [0.1, 0.15) is 35.2 Å². The van der Waals surface area contributed by atoms with Crippen LogP contribution in [-0.2, 0) is 6.42 Å². The van der Waals surface area contributed by atoms with Gasteiger partial charge in [-0.2, -0.15) is 0 Å². The lowest BCUT2D eigenvalue weighted by Gasteiger charge is -2.31. The number of aliphatic imine (C=N–C) groups is 1. The van der Waals surface area contributed by atoms with Crippen LogP contribution in [-0.4, -0.2) is 29.9 Å². The van der Waals surface area contributed by atoms with Crippen molar-refractivity contribution >= 4 is 23.1 Å². The molecule has 166 valence electrons. The number of phenols is 1. The Balaban J connectivity index is 1.45. The minimum Gasteiger partial charge on any atom is -0.508 e. The Morgan fingerprint density at radius 2 is 2.03 bits per heavy atom. The summed E-state index contributed by atoms with van der Waals surface area (Å²) in [4.78, 5) is 18.9. The molecule has 1 aliphatic carbocycles. The fourth-order valence-electron chi connectivity index (χ4n) is 3.79. The van der Waals surface area contributed by atoms with Gasteiger partial charge in [-0.3, -0.25) is 4.79 Å². The highest BCUT2D eigenvalue weighted by Gasteiger charge is 2.22. The third-order valence-corrected chi connectivity index (χ3v) is 5.64. The highest BCUT2D eigenvalue weighted by Crippen LogP contribution is 2.31. The average molecular weight is 432 g/mol. The SMILES string of the molecule is C=C(/N=C(\C=C/N)N1CCCc2cc(O)ccc21)Nc1ccc(C(=O)NCC2CC2)cc1. The number of carbonyl (C=O) groups is 1. The molecular weight excluding hydrogens is 402 g/mol. The lowest BCUT2D eigenvalue weighted by Crippen LogP contribution is -2.34. The van der Waals surface area contributed by atoms with Crippen molar-refractivity contribution in [3.05, 3.63) is 78.3 Å². The van der Waals surface area contributed by atoms with Gasteiger partial charge in [0.1, 0.15) is 17.4 Å². The Morgan fingerprint density at radius 1 is 1.25 bits per heavy atom. The van der Waals surface area contributed by atoms with Gasteiger partial charge in [0.2, 0.25) is 0 Å². The molecule has 7 heteroatoms. The summed E-state index contributed by atoms with van der Waals surface area (Å²) in [6, 6.07) is 12.6. The third kappa shape index (κ3) is 5.29. The number of amidine groups is 1. The molecular formula is C25H29N5O2. The van der Waals surface area contributed by atoms with Crippen LogP contribution in [0.2, 0.25) is 0 Å². The number of aryl methyl sites for hydroxylation is 1. The van der Waals surface area contributed by atoms with Gasteiger partial charge in [0.25, 0.3) is 5.91 Å².